The third-order valence-corrected chi connectivity index (χ3v) is 7.13. The maximum Gasteiger partial charge on any atom is 0.286 e. The summed E-state index contributed by atoms with van der Waals surface area (Å²) in [4.78, 5) is 14.4. The van der Waals surface area contributed by atoms with Crippen LogP contribution in [0.15, 0.2) is 47.8 Å². The van der Waals surface area contributed by atoms with Crippen LogP contribution in [0.3, 0.4) is 0 Å². The molecule has 0 radical (unpaired) electrons. The SMILES string of the molecule is CCc1ccccc1[C@@H](CO)C(=O)N1Cc2cn(S(=O)(=O)c3cnn(CC(F)F)c3)nc2C1. The molecule has 3 heterocycles. The highest BCUT2D eigenvalue weighted by Crippen LogP contribution is 2.29. The van der Waals surface area contributed by atoms with Crippen molar-refractivity contribution >= 4 is 15.9 Å². The molecule has 1 aliphatic heterocycles. The van der Waals surface area contributed by atoms with Crippen molar-refractivity contribution in [2.75, 3.05) is 6.61 Å². The van der Waals surface area contributed by atoms with Crippen molar-refractivity contribution in [3.05, 3.63) is 65.2 Å². The van der Waals surface area contributed by atoms with Gasteiger partial charge in [-0.2, -0.15) is 22.7 Å². The number of fused-ring (bicyclic) bond motifs is 1. The summed E-state index contributed by atoms with van der Waals surface area (Å²) in [6.07, 6.45) is 1.40. The lowest BCUT2D eigenvalue weighted by molar-refractivity contribution is -0.134. The number of rotatable bonds is 8. The molecular formula is C21H23F2N5O4S. The Morgan fingerprint density at radius 3 is 2.64 bits per heavy atom. The van der Waals surface area contributed by atoms with Crippen LogP contribution < -0.4 is 0 Å². The zero-order valence-electron chi connectivity index (χ0n) is 17.8. The van der Waals surface area contributed by atoms with Crippen molar-refractivity contribution in [3.8, 4) is 0 Å². The van der Waals surface area contributed by atoms with Gasteiger partial charge in [0.2, 0.25) is 5.91 Å². The van der Waals surface area contributed by atoms with Gasteiger partial charge in [-0.15, -0.1) is 0 Å². The normalized spacial score (nSPS) is 14.6. The van der Waals surface area contributed by atoms with Crippen molar-refractivity contribution in [3.63, 3.8) is 0 Å². The highest BCUT2D eigenvalue weighted by molar-refractivity contribution is 7.89. The molecule has 0 saturated carbocycles. The van der Waals surface area contributed by atoms with E-state index in [1.54, 1.807) is 0 Å². The van der Waals surface area contributed by atoms with Crippen molar-refractivity contribution in [2.45, 2.75) is 50.2 Å². The number of benzene rings is 1. The summed E-state index contributed by atoms with van der Waals surface area (Å²) >= 11 is 0. The number of alkyl halides is 2. The Balaban J connectivity index is 1.52. The molecule has 0 fully saturated rings. The minimum atomic E-state index is -4.11. The minimum Gasteiger partial charge on any atom is -0.395 e. The van der Waals surface area contributed by atoms with Gasteiger partial charge in [-0.05, 0) is 17.5 Å². The van der Waals surface area contributed by atoms with Gasteiger partial charge in [0.1, 0.15) is 11.4 Å². The van der Waals surface area contributed by atoms with Gasteiger partial charge >= 0.3 is 0 Å². The summed E-state index contributed by atoms with van der Waals surface area (Å²) in [6.45, 7) is 1.17. The number of aliphatic hydroxyl groups excluding tert-OH is 1. The fraction of sp³-hybridized carbons (Fsp3) is 0.381. The van der Waals surface area contributed by atoms with Crippen molar-refractivity contribution in [1.29, 1.82) is 0 Å². The van der Waals surface area contributed by atoms with Gasteiger partial charge in [0.15, 0.2) is 0 Å². The third-order valence-electron chi connectivity index (χ3n) is 5.64. The van der Waals surface area contributed by atoms with Gasteiger partial charge in [0, 0.05) is 24.5 Å². The van der Waals surface area contributed by atoms with Crippen LogP contribution >= 0.6 is 0 Å². The Kier molecular flexibility index (Phi) is 6.30. The maximum absolute atomic E-state index is 13.1. The number of aliphatic hydroxyl groups is 1. The molecule has 0 spiro atoms. The number of carbonyl (C=O) groups excluding carboxylic acids is 1. The Hall–Kier alpha value is -3.12. The van der Waals surface area contributed by atoms with Gasteiger partial charge < -0.3 is 10.0 Å². The van der Waals surface area contributed by atoms with Crippen LogP contribution in [0.1, 0.15) is 35.2 Å². The van der Waals surface area contributed by atoms with Crippen LogP contribution in [0.25, 0.3) is 0 Å². The van der Waals surface area contributed by atoms with Gasteiger partial charge in [0.05, 0.1) is 31.0 Å². The Labute approximate surface area is 189 Å². The first-order valence-corrected chi connectivity index (χ1v) is 11.8. The molecule has 1 amide bonds. The van der Waals surface area contributed by atoms with E-state index in [4.69, 9.17) is 0 Å². The molecule has 1 aromatic carbocycles. The molecule has 0 saturated heterocycles. The molecule has 1 N–H and O–H groups in total. The number of halogens is 2. The smallest absolute Gasteiger partial charge is 0.286 e. The van der Waals surface area contributed by atoms with Gasteiger partial charge in [-0.25, -0.2) is 8.78 Å². The molecule has 4 rings (SSSR count). The summed E-state index contributed by atoms with van der Waals surface area (Å²) in [5, 5.41) is 17.7. The molecule has 1 atom stereocenters. The first kappa shape index (κ1) is 23.1. The van der Waals surface area contributed by atoms with Crippen molar-refractivity contribution in [2.24, 2.45) is 0 Å². The molecule has 1 aliphatic rings. The van der Waals surface area contributed by atoms with E-state index in [-0.39, 0.29) is 30.5 Å². The van der Waals surface area contributed by atoms with Crippen molar-refractivity contribution in [1.82, 2.24) is 23.9 Å². The molecule has 0 aliphatic carbocycles. The summed E-state index contributed by atoms with van der Waals surface area (Å²) in [5.41, 5.74) is 2.73. The maximum atomic E-state index is 13.1. The highest BCUT2D eigenvalue weighted by atomic mass is 32.2. The predicted molar refractivity (Wildman–Crippen MR) is 113 cm³/mol. The molecule has 3 aromatic rings. The minimum absolute atomic E-state index is 0.103. The predicted octanol–water partition coefficient (Wildman–Crippen LogP) is 1.76. The Morgan fingerprint density at radius 2 is 1.97 bits per heavy atom. The van der Waals surface area contributed by atoms with Gasteiger partial charge in [-0.3, -0.25) is 9.48 Å². The summed E-state index contributed by atoms with van der Waals surface area (Å²) in [6, 6.07) is 7.45. The van der Waals surface area contributed by atoms with E-state index in [2.05, 4.69) is 10.2 Å². The molecule has 33 heavy (non-hydrogen) atoms. The van der Waals surface area contributed by atoms with Crippen LogP contribution in [-0.2, 0) is 40.9 Å². The first-order valence-electron chi connectivity index (χ1n) is 10.4. The number of hydrogen-bond donors (Lipinski definition) is 1. The van der Waals surface area contributed by atoms with E-state index in [0.717, 1.165) is 38.7 Å². The molecule has 0 bridgehead atoms. The lowest BCUT2D eigenvalue weighted by Gasteiger charge is -2.23. The van der Waals surface area contributed by atoms with E-state index >= 15 is 0 Å². The molecule has 9 nitrogen and oxygen atoms in total. The lowest BCUT2D eigenvalue weighted by atomic mass is 9.92. The average Bonchev–Trinajstić information content (AvgIpc) is 3.49. The summed E-state index contributed by atoms with van der Waals surface area (Å²) < 4.78 is 52.3. The monoisotopic (exact) mass is 479 g/mol. The molecule has 0 unspecified atom stereocenters. The van der Waals surface area contributed by atoms with E-state index in [9.17, 15) is 27.1 Å². The molecule has 2 aromatic heterocycles. The van der Waals surface area contributed by atoms with Gasteiger partial charge in [-0.1, -0.05) is 31.2 Å². The topological polar surface area (TPSA) is 110 Å². The lowest BCUT2D eigenvalue weighted by Crippen LogP contribution is -2.33. The number of aromatic nitrogens is 4. The zero-order chi connectivity index (χ0) is 23.8. The summed E-state index contributed by atoms with van der Waals surface area (Å²) in [5.74, 6) is -0.985. The van der Waals surface area contributed by atoms with E-state index in [1.165, 1.54) is 11.1 Å². The van der Waals surface area contributed by atoms with Crippen LogP contribution in [0.5, 0.6) is 0 Å². The molecular weight excluding hydrogens is 456 g/mol. The van der Waals surface area contributed by atoms with Crippen molar-refractivity contribution < 1.29 is 27.1 Å². The second kappa shape index (κ2) is 9.02. The number of hydrogen-bond acceptors (Lipinski definition) is 6. The molecule has 12 heteroatoms. The Bertz CT molecular complexity index is 1250. The number of aryl methyl sites for hydroxylation is 1. The average molecular weight is 480 g/mol. The van der Waals surface area contributed by atoms with E-state index in [0.29, 0.717) is 11.3 Å². The number of carbonyl (C=O) groups is 1. The quantitative estimate of drug-likeness (QED) is 0.527. The second-order valence-corrected chi connectivity index (χ2v) is 9.55. The van der Waals surface area contributed by atoms with Crippen LogP contribution in [0.4, 0.5) is 8.78 Å². The largest absolute Gasteiger partial charge is 0.395 e. The fourth-order valence-electron chi connectivity index (χ4n) is 3.96. The zero-order valence-corrected chi connectivity index (χ0v) is 18.6. The number of amides is 1. The second-order valence-electron chi connectivity index (χ2n) is 7.75. The van der Waals surface area contributed by atoms with Crippen LogP contribution in [0, 0.1) is 0 Å². The molecule has 176 valence electrons. The fourth-order valence-corrected chi connectivity index (χ4v) is 5.08. The van der Waals surface area contributed by atoms with E-state index < -0.39 is 28.9 Å². The summed E-state index contributed by atoms with van der Waals surface area (Å²) in [7, 11) is -4.11. The Morgan fingerprint density at radius 1 is 1.21 bits per heavy atom. The van der Waals surface area contributed by atoms with Crippen LogP contribution in [-0.4, -0.2) is 56.3 Å². The van der Waals surface area contributed by atoms with Crippen LogP contribution in [0.2, 0.25) is 0 Å². The van der Waals surface area contributed by atoms with E-state index in [1.807, 2.05) is 31.2 Å². The first-order chi connectivity index (χ1) is 15.7. The standard InChI is InChI=1S/C21H23F2N5O4S/c1-2-14-5-3-4-6-17(14)18(13-29)21(30)26-8-15-9-28(25-19(15)11-26)33(31,32)16-7-24-27(10-16)12-20(22)23/h3-7,9-10,18,20,29H,2,8,11-13H2,1H3/t18-/m1/s1. The third kappa shape index (κ3) is 4.40. The van der Waals surface area contributed by atoms with Gasteiger partial charge in [0.25, 0.3) is 16.4 Å². The highest BCUT2D eigenvalue weighted by Gasteiger charge is 2.34. The number of nitrogens with zero attached hydrogens (tertiary/aromatic N) is 5.